The summed E-state index contributed by atoms with van der Waals surface area (Å²) in [6, 6.07) is 7.71. The molecule has 27 heavy (non-hydrogen) atoms. The highest BCUT2D eigenvalue weighted by molar-refractivity contribution is 7.98. The van der Waals surface area contributed by atoms with Crippen molar-refractivity contribution in [2.24, 2.45) is 0 Å². The number of thiazole rings is 1. The maximum atomic E-state index is 12.2. The van der Waals surface area contributed by atoms with Crippen LogP contribution in [0.25, 0.3) is 5.69 Å². The smallest absolute Gasteiger partial charge is 0.270 e. The van der Waals surface area contributed by atoms with Gasteiger partial charge in [-0.1, -0.05) is 36.4 Å². The SMILES string of the molecule is CCC(C)NC(=O)c1csc(CSc2nnc(C)n2-c2cccc(Cl)c2)n1. The number of hydrogen-bond donors (Lipinski definition) is 1. The fourth-order valence-corrected chi connectivity index (χ4v) is 4.33. The number of rotatable bonds is 7. The number of benzene rings is 1. The number of carbonyl (C=O) groups is 1. The van der Waals surface area contributed by atoms with Gasteiger partial charge in [0.2, 0.25) is 0 Å². The Morgan fingerprint density at radius 1 is 1.41 bits per heavy atom. The van der Waals surface area contributed by atoms with Crippen molar-refractivity contribution in [3.05, 3.63) is 51.2 Å². The standard InChI is InChI=1S/C18H20ClN5OS2/c1-4-11(2)20-17(25)15-9-26-16(21-15)10-27-18-23-22-12(3)24(18)14-7-5-6-13(19)8-14/h5-9,11H,4,10H2,1-3H3,(H,20,25). The second-order valence-electron chi connectivity index (χ2n) is 6.04. The molecule has 6 nitrogen and oxygen atoms in total. The molecule has 0 aliphatic rings. The van der Waals surface area contributed by atoms with Crippen molar-refractivity contribution < 1.29 is 4.79 Å². The van der Waals surface area contributed by atoms with Crippen LogP contribution in [0.5, 0.6) is 0 Å². The number of aromatic nitrogens is 4. The van der Waals surface area contributed by atoms with Crippen molar-refractivity contribution in [3.63, 3.8) is 0 Å². The van der Waals surface area contributed by atoms with Crippen LogP contribution in [0.2, 0.25) is 5.02 Å². The zero-order valence-electron chi connectivity index (χ0n) is 15.3. The average molecular weight is 422 g/mol. The summed E-state index contributed by atoms with van der Waals surface area (Å²) in [5, 5.41) is 15.5. The summed E-state index contributed by atoms with van der Waals surface area (Å²) in [7, 11) is 0. The Morgan fingerprint density at radius 2 is 2.22 bits per heavy atom. The highest BCUT2D eigenvalue weighted by Crippen LogP contribution is 2.27. The van der Waals surface area contributed by atoms with E-state index in [9.17, 15) is 4.79 Å². The molecule has 9 heteroatoms. The first-order chi connectivity index (χ1) is 13.0. The van der Waals surface area contributed by atoms with Gasteiger partial charge < -0.3 is 5.32 Å². The van der Waals surface area contributed by atoms with E-state index in [0.717, 1.165) is 28.1 Å². The van der Waals surface area contributed by atoms with Crippen molar-refractivity contribution in [1.82, 2.24) is 25.1 Å². The molecular weight excluding hydrogens is 402 g/mol. The summed E-state index contributed by atoms with van der Waals surface area (Å²) in [6.07, 6.45) is 0.886. The lowest BCUT2D eigenvalue weighted by Gasteiger charge is -2.09. The van der Waals surface area contributed by atoms with Crippen LogP contribution in [0.15, 0.2) is 34.8 Å². The first-order valence-corrected chi connectivity index (χ1v) is 10.8. The molecule has 0 saturated heterocycles. The lowest BCUT2D eigenvalue weighted by atomic mass is 10.2. The van der Waals surface area contributed by atoms with Gasteiger partial charge in [0.1, 0.15) is 16.5 Å². The van der Waals surface area contributed by atoms with Gasteiger partial charge in [0.25, 0.3) is 5.91 Å². The predicted molar refractivity (Wildman–Crippen MR) is 110 cm³/mol. The van der Waals surface area contributed by atoms with E-state index < -0.39 is 0 Å². The number of carbonyl (C=O) groups excluding carboxylic acids is 1. The number of nitrogens with zero attached hydrogens (tertiary/aromatic N) is 4. The van der Waals surface area contributed by atoms with Crippen molar-refractivity contribution in [3.8, 4) is 5.69 Å². The van der Waals surface area contributed by atoms with Crippen LogP contribution in [0.1, 0.15) is 41.6 Å². The third-order valence-corrected chi connectivity index (χ3v) is 6.17. The molecule has 0 bridgehead atoms. The normalized spacial score (nSPS) is 12.1. The molecule has 0 aliphatic heterocycles. The Morgan fingerprint density at radius 3 is 2.96 bits per heavy atom. The van der Waals surface area contributed by atoms with Gasteiger partial charge in [-0.15, -0.1) is 21.5 Å². The summed E-state index contributed by atoms with van der Waals surface area (Å²) in [5.41, 5.74) is 1.38. The van der Waals surface area contributed by atoms with E-state index in [-0.39, 0.29) is 11.9 Å². The molecule has 0 radical (unpaired) electrons. The summed E-state index contributed by atoms with van der Waals surface area (Å²) >= 11 is 9.11. The fraction of sp³-hybridized carbons (Fsp3) is 0.333. The van der Waals surface area contributed by atoms with Gasteiger partial charge in [0.05, 0.1) is 11.4 Å². The molecule has 0 saturated carbocycles. The average Bonchev–Trinajstić information content (AvgIpc) is 3.26. The van der Waals surface area contributed by atoms with Crippen LogP contribution < -0.4 is 5.32 Å². The maximum absolute atomic E-state index is 12.2. The third-order valence-electron chi connectivity index (χ3n) is 3.96. The molecule has 1 aromatic carbocycles. The van der Waals surface area contributed by atoms with E-state index in [0.29, 0.717) is 16.5 Å². The van der Waals surface area contributed by atoms with Gasteiger partial charge in [-0.2, -0.15) is 0 Å². The number of amides is 1. The van der Waals surface area contributed by atoms with Gasteiger partial charge in [-0.3, -0.25) is 9.36 Å². The number of hydrogen-bond acceptors (Lipinski definition) is 6. The molecule has 3 aromatic rings. The zero-order chi connectivity index (χ0) is 19.4. The monoisotopic (exact) mass is 421 g/mol. The molecule has 0 fully saturated rings. The van der Waals surface area contributed by atoms with Crippen LogP contribution in [0, 0.1) is 6.92 Å². The van der Waals surface area contributed by atoms with Gasteiger partial charge in [0, 0.05) is 16.4 Å². The number of thioether (sulfide) groups is 1. The molecule has 3 rings (SSSR count). The van der Waals surface area contributed by atoms with Crippen LogP contribution >= 0.6 is 34.7 Å². The van der Waals surface area contributed by atoms with Crippen LogP contribution in [-0.2, 0) is 5.75 Å². The lowest BCUT2D eigenvalue weighted by Crippen LogP contribution is -2.32. The van der Waals surface area contributed by atoms with Crippen LogP contribution in [-0.4, -0.2) is 31.7 Å². The molecule has 142 valence electrons. The van der Waals surface area contributed by atoms with Crippen molar-refractivity contribution >= 4 is 40.6 Å². The summed E-state index contributed by atoms with van der Waals surface area (Å²) < 4.78 is 1.96. The number of nitrogens with one attached hydrogen (secondary N) is 1. The molecule has 1 N–H and O–H groups in total. The van der Waals surface area contributed by atoms with E-state index in [1.54, 1.807) is 5.38 Å². The summed E-state index contributed by atoms with van der Waals surface area (Å²) in [5.74, 6) is 1.27. The van der Waals surface area contributed by atoms with Gasteiger partial charge in [-0.05, 0) is 38.5 Å². The zero-order valence-corrected chi connectivity index (χ0v) is 17.7. The van der Waals surface area contributed by atoms with E-state index in [1.807, 2.05) is 49.6 Å². The van der Waals surface area contributed by atoms with E-state index >= 15 is 0 Å². The lowest BCUT2D eigenvalue weighted by molar-refractivity contribution is 0.0935. The van der Waals surface area contributed by atoms with E-state index in [1.165, 1.54) is 23.1 Å². The van der Waals surface area contributed by atoms with Gasteiger partial charge >= 0.3 is 0 Å². The first-order valence-electron chi connectivity index (χ1n) is 8.54. The molecule has 2 aromatic heterocycles. The summed E-state index contributed by atoms with van der Waals surface area (Å²) in [4.78, 5) is 16.6. The Kier molecular flexibility index (Phi) is 6.51. The molecular formula is C18H20ClN5OS2. The molecule has 2 heterocycles. The molecule has 0 spiro atoms. The minimum Gasteiger partial charge on any atom is -0.348 e. The first kappa shape index (κ1) is 19.9. The van der Waals surface area contributed by atoms with Crippen molar-refractivity contribution in [2.45, 2.75) is 44.1 Å². The second-order valence-corrected chi connectivity index (χ2v) is 8.36. The van der Waals surface area contributed by atoms with Crippen LogP contribution in [0.4, 0.5) is 0 Å². The number of aryl methyl sites for hydroxylation is 1. The largest absolute Gasteiger partial charge is 0.348 e. The van der Waals surface area contributed by atoms with Crippen LogP contribution in [0.3, 0.4) is 0 Å². The quantitative estimate of drug-likeness (QED) is 0.568. The maximum Gasteiger partial charge on any atom is 0.270 e. The van der Waals surface area contributed by atoms with E-state index in [4.69, 9.17) is 11.6 Å². The topological polar surface area (TPSA) is 72.7 Å². The third kappa shape index (κ3) is 4.88. The minimum absolute atomic E-state index is 0.130. The highest BCUT2D eigenvalue weighted by Gasteiger charge is 2.15. The fourth-order valence-electron chi connectivity index (χ4n) is 2.36. The molecule has 0 aliphatic carbocycles. The second kappa shape index (κ2) is 8.86. The van der Waals surface area contributed by atoms with Gasteiger partial charge in [-0.25, -0.2) is 4.98 Å². The molecule has 1 amide bonds. The minimum atomic E-state index is -0.130. The molecule has 1 atom stereocenters. The van der Waals surface area contributed by atoms with Gasteiger partial charge in [0.15, 0.2) is 5.16 Å². The Bertz CT molecular complexity index is 939. The van der Waals surface area contributed by atoms with Crippen molar-refractivity contribution in [1.29, 1.82) is 0 Å². The Balaban J connectivity index is 1.71. The predicted octanol–water partition coefficient (Wildman–Crippen LogP) is 4.51. The van der Waals surface area contributed by atoms with E-state index in [2.05, 4.69) is 20.5 Å². The molecule has 1 unspecified atom stereocenters. The number of halogens is 1. The Labute approximate surface area is 171 Å². The Hall–Kier alpha value is -1.90. The van der Waals surface area contributed by atoms with Crippen molar-refractivity contribution in [2.75, 3.05) is 0 Å². The summed E-state index contributed by atoms with van der Waals surface area (Å²) in [6.45, 7) is 5.91. The highest BCUT2D eigenvalue weighted by atomic mass is 35.5.